The number of carbonyl (C=O) groups is 1. The minimum atomic E-state index is -0.449. The molecule has 1 heterocycles. The van der Waals surface area contributed by atoms with Crippen LogP contribution in [0.4, 0.5) is 4.39 Å². The second-order valence-corrected chi connectivity index (χ2v) is 7.08. The van der Waals surface area contributed by atoms with E-state index in [4.69, 9.17) is 10.00 Å². The van der Waals surface area contributed by atoms with Gasteiger partial charge in [0.1, 0.15) is 12.4 Å². The summed E-state index contributed by atoms with van der Waals surface area (Å²) in [6.07, 6.45) is 2.34. The molecule has 3 aromatic rings. The number of esters is 1. The van der Waals surface area contributed by atoms with Crippen molar-refractivity contribution in [1.29, 1.82) is 5.26 Å². The van der Waals surface area contributed by atoms with Gasteiger partial charge in [-0.3, -0.25) is 4.79 Å². The summed E-state index contributed by atoms with van der Waals surface area (Å²) >= 11 is 0. The van der Waals surface area contributed by atoms with Crippen molar-refractivity contribution in [2.45, 2.75) is 25.7 Å². The first kappa shape index (κ1) is 17.3. The van der Waals surface area contributed by atoms with E-state index in [-0.39, 0.29) is 24.8 Å². The maximum Gasteiger partial charge on any atom is 0.306 e. The molecular weight excluding hydrogens is 343 g/mol. The van der Waals surface area contributed by atoms with Crippen molar-refractivity contribution < 1.29 is 13.9 Å². The Balaban J connectivity index is 1.55. The third-order valence-corrected chi connectivity index (χ3v) is 5.13. The molecule has 0 bridgehead atoms. The number of para-hydroxylation sites is 1. The second-order valence-electron chi connectivity index (χ2n) is 7.08. The Kier molecular flexibility index (Phi) is 4.41. The van der Waals surface area contributed by atoms with Gasteiger partial charge < -0.3 is 9.72 Å². The number of hydrogen-bond donors (Lipinski definition) is 1. The van der Waals surface area contributed by atoms with Gasteiger partial charge in [0.15, 0.2) is 0 Å². The van der Waals surface area contributed by atoms with Crippen molar-refractivity contribution in [3.63, 3.8) is 0 Å². The number of fused-ring (bicyclic) bond motifs is 1. The number of carbonyl (C=O) groups excluding carboxylic acids is 1. The lowest BCUT2D eigenvalue weighted by molar-refractivity contribution is -0.144. The van der Waals surface area contributed by atoms with E-state index in [0.717, 1.165) is 40.6 Å². The van der Waals surface area contributed by atoms with E-state index in [0.29, 0.717) is 6.42 Å². The maximum absolute atomic E-state index is 13.3. The van der Waals surface area contributed by atoms with E-state index in [1.165, 1.54) is 12.1 Å². The van der Waals surface area contributed by atoms with E-state index in [9.17, 15) is 9.18 Å². The fraction of sp³-hybridized carbons (Fsp3) is 0.273. The highest BCUT2D eigenvalue weighted by molar-refractivity contribution is 5.91. The number of nitrogens with zero attached hydrogens (tertiary/aromatic N) is 1. The van der Waals surface area contributed by atoms with Gasteiger partial charge in [-0.25, -0.2) is 4.39 Å². The van der Waals surface area contributed by atoms with Gasteiger partial charge in [-0.05, 0) is 60.7 Å². The first-order valence-corrected chi connectivity index (χ1v) is 9.03. The molecule has 0 radical (unpaired) electrons. The SMILES string of the molecule is N#CC1(COC(=O)CCc2c(-c3ccc(F)cc3)[nH]c3ccccc23)CC1. The predicted molar refractivity (Wildman–Crippen MR) is 100 cm³/mol. The molecule has 27 heavy (non-hydrogen) atoms. The molecular formula is C22H19FN2O2. The lowest BCUT2D eigenvalue weighted by Crippen LogP contribution is -2.14. The molecule has 2 aromatic carbocycles. The number of H-pyrrole nitrogens is 1. The number of rotatable bonds is 6. The molecule has 1 aliphatic rings. The van der Waals surface area contributed by atoms with Gasteiger partial charge in [0.2, 0.25) is 0 Å². The van der Waals surface area contributed by atoms with Crippen LogP contribution in [-0.4, -0.2) is 17.6 Å². The van der Waals surface area contributed by atoms with Gasteiger partial charge in [-0.2, -0.15) is 5.26 Å². The number of aromatic amines is 1. The molecule has 0 amide bonds. The van der Waals surface area contributed by atoms with Crippen molar-refractivity contribution in [3.05, 3.63) is 59.9 Å². The van der Waals surface area contributed by atoms with Crippen molar-refractivity contribution in [3.8, 4) is 17.3 Å². The van der Waals surface area contributed by atoms with Crippen LogP contribution in [0.25, 0.3) is 22.2 Å². The molecule has 0 atom stereocenters. The smallest absolute Gasteiger partial charge is 0.306 e. The van der Waals surface area contributed by atoms with E-state index >= 15 is 0 Å². The fourth-order valence-electron chi connectivity index (χ4n) is 3.28. The van der Waals surface area contributed by atoms with Crippen LogP contribution in [-0.2, 0) is 16.0 Å². The summed E-state index contributed by atoms with van der Waals surface area (Å²) in [5, 5.41) is 10.1. The summed E-state index contributed by atoms with van der Waals surface area (Å²) in [4.78, 5) is 15.5. The molecule has 1 aromatic heterocycles. The van der Waals surface area contributed by atoms with Crippen LogP contribution >= 0.6 is 0 Å². The fourth-order valence-corrected chi connectivity index (χ4v) is 3.28. The molecule has 136 valence electrons. The monoisotopic (exact) mass is 362 g/mol. The van der Waals surface area contributed by atoms with E-state index in [1.807, 2.05) is 24.3 Å². The molecule has 1 aliphatic carbocycles. The van der Waals surface area contributed by atoms with Gasteiger partial charge in [0.25, 0.3) is 0 Å². The zero-order valence-electron chi connectivity index (χ0n) is 14.8. The van der Waals surface area contributed by atoms with Crippen LogP contribution in [0.5, 0.6) is 0 Å². The van der Waals surface area contributed by atoms with Crippen molar-refractivity contribution in [2.75, 3.05) is 6.61 Å². The molecule has 0 unspecified atom stereocenters. The van der Waals surface area contributed by atoms with Crippen molar-refractivity contribution >= 4 is 16.9 Å². The Bertz CT molecular complexity index is 1030. The highest BCUT2D eigenvalue weighted by Crippen LogP contribution is 2.45. The zero-order chi connectivity index (χ0) is 18.9. The van der Waals surface area contributed by atoms with E-state index in [2.05, 4.69) is 11.1 Å². The number of nitriles is 1. The van der Waals surface area contributed by atoms with Gasteiger partial charge in [-0.1, -0.05) is 18.2 Å². The van der Waals surface area contributed by atoms with Crippen LogP contribution < -0.4 is 0 Å². The minimum Gasteiger partial charge on any atom is -0.464 e. The van der Waals surface area contributed by atoms with Crippen molar-refractivity contribution in [2.24, 2.45) is 5.41 Å². The minimum absolute atomic E-state index is 0.182. The number of aromatic nitrogens is 1. The normalized spacial score (nSPS) is 14.7. The molecule has 0 aliphatic heterocycles. The second kappa shape index (κ2) is 6.88. The molecule has 4 rings (SSSR count). The summed E-state index contributed by atoms with van der Waals surface area (Å²) in [6.45, 7) is 0.182. The Morgan fingerprint density at radius 2 is 1.93 bits per heavy atom. The van der Waals surface area contributed by atoms with Crippen LogP contribution in [0.2, 0.25) is 0 Å². The Labute approximate surface area is 156 Å². The van der Waals surface area contributed by atoms with Crippen LogP contribution in [0.3, 0.4) is 0 Å². The first-order chi connectivity index (χ1) is 13.1. The molecule has 1 N–H and O–H groups in total. The van der Waals surface area contributed by atoms with Crippen LogP contribution in [0.15, 0.2) is 48.5 Å². The van der Waals surface area contributed by atoms with Gasteiger partial charge in [-0.15, -0.1) is 0 Å². The van der Waals surface area contributed by atoms with Crippen LogP contribution in [0, 0.1) is 22.6 Å². The molecule has 5 heteroatoms. The topological polar surface area (TPSA) is 65.9 Å². The Morgan fingerprint density at radius 1 is 1.19 bits per heavy atom. The third-order valence-electron chi connectivity index (χ3n) is 5.13. The quantitative estimate of drug-likeness (QED) is 0.643. The van der Waals surface area contributed by atoms with Crippen LogP contribution in [0.1, 0.15) is 24.8 Å². The lowest BCUT2D eigenvalue weighted by Gasteiger charge is -2.09. The Morgan fingerprint density at radius 3 is 2.63 bits per heavy atom. The highest BCUT2D eigenvalue weighted by atomic mass is 19.1. The number of benzene rings is 2. The van der Waals surface area contributed by atoms with Gasteiger partial charge >= 0.3 is 5.97 Å². The zero-order valence-corrected chi connectivity index (χ0v) is 14.8. The summed E-state index contributed by atoms with van der Waals surface area (Å²) in [6, 6.07) is 16.4. The van der Waals surface area contributed by atoms with E-state index in [1.54, 1.807) is 12.1 Å². The molecule has 0 spiro atoms. The number of hydrogen-bond acceptors (Lipinski definition) is 3. The Hall–Kier alpha value is -3.13. The molecule has 4 nitrogen and oxygen atoms in total. The lowest BCUT2D eigenvalue weighted by atomic mass is 10.0. The third kappa shape index (κ3) is 3.56. The predicted octanol–water partition coefficient (Wildman–Crippen LogP) is 4.75. The number of halogens is 1. The molecule has 0 saturated heterocycles. The largest absolute Gasteiger partial charge is 0.464 e. The van der Waals surface area contributed by atoms with E-state index < -0.39 is 5.41 Å². The van der Waals surface area contributed by atoms with Gasteiger partial charge in [0.05, 0.1) is 11.5 Å². The number of nitrogens with one attached hydrogen (secondary N) is 1. The standard InChI is InChI=1S/C22H19FN2O2/c23-16-7-5-15(6-8-16)21-18(17-3-1-2-4-19(17)25-21)9-10-20(26)27-14-22(13-24)11-12-22/h1-8,25H,9-12,14H2. The summed E-state index contributed by atoms with van der Waals surface area (Å²) in [5.41, 5.74) is 3.30. The van der Waals surface area contributed by atoms with Gasteiger partial charge in [0, 0.05) is 23.0 Å². The molecule has 1 saturated carbocycles. The average molecular weight is 362 g/mol. The number of ether oxygens (including phenoxy) is 1. The first-order valence-electron chi connectivity index (χ1n) is 9.03. The highest BCUT2D eigenvalue weighted by Gasteiger charge is 2.44. The maximum atomic E-state index is 13.3. The average Bonchev–Trinajstić information content (AvgIpc) is 3.39. The summed E-state index contributed by atoms with van der Waals surface area (Å²) < 4.78 is 18.6. The number of aryl methyl sites for hydroxylation is 1. The molecule has 1 fully saturated rings. The van der Waals surface area contributed by atoms with Crippen molar-refractivity contribution in [1.82, 2.24) is 4.98 Å². The summed E-state index contributed by atoms with van der Waals surface area (Å²) in [7, 11) is 0. The summed E-state index contributed by atoms with van der Waals surface area (Å²) in [5.74, 6) is -0.585.